The Morgan fingerprint density at radius 1 is 1.33 bits per heavy atom. The normalized spacial score (nSPS) is 23.1. The summed E-state index contributed by atoms with van der Waals surface area (Å²) in [5.74, 6) is 0.763. The van der Waals surface area contributed by atoms with Gasteiger partial charge < -0.3 is 0 Å². The first-order chi connectivity index (χ1) is 7.40. The maximum absolute atomic E-state index is 5.97. The number of halogens is 1. The van der Waals surface area contributed by atoms with E-state index in [0.717, 1.165) is 19.0 Å². The van der Waals surface area contributed by atoms with Gasteiger partial charge in [-0.2, -0.15) is 5.10 Å². The number of piperidine rings is 1. The van der Waals surface area contributed by atoms with Crippen LogP contribution in [0.1, 0.15) is 19.3 Å². The van der Waals surface area contributed by atoms with Gasteiger partial charge in [0.25, 0.3) is 0 Å². The second-order valence-electron chi connectivity index (χ2n) is 4.11. The predicted molar refractivity (Wildman–Crippen MR) is 62.2 cm³/mol. The van der Waals surface area contributed by atoms with Crippen LogP contribution >= 0.6 is 11.6 Å². The zero-order chi connectivity index (χ0) is 10.5. The summed E-state index contributed by atoms with van der Waals surface area (Å²) in [6.07, 6.45) is 7.74. The van der Waals surface area contributed by atoms with Crippen LogP contribution in [0.5, 0.6) is 0 Å². The smallest absolute Gasteiger partial charge is 0.0536 e. The van der Waals surface area contributed by atoms with Crippen LogP contribution in [0.15, 0.2) is 18.5 Å². The predicted octanol–water partition coefficient (Wildman–Crippen LogP) is 1.98. The Bertz CT molecular complexity index is 273. The minimum atomic E-state index is 0.580. The van der Waals surface area contributed by atoms with E-state index in [1.165, 1.54) is 25.8 Å². The Kier molecular flexibility index (Phi) is 4.03. The average molecular weight is 228 g/mol. The van der Waals surface area contributed by atoms with Crippen LogP contribution in [-0.2, 0) is 6.54 Å². The van der Waals surface area contributed by atoms with Gasteiger partial charge in [0.2, 0.25) is 0 Å². The highest BCUT2D eigenvalue weighted by molar-refractivity contribution is 6.18. The summed E-state index contributed by atoms with van der Waals surface area (Å²) in [6.45, 7) is 3.23. The number of alkyl halides is 1. The lowest BCUT2D eigenvalue weighted by Gasteiger charge is -2.34. The molecule has 0 bridgehead atoms. The maximum Gasteiger partial charge on any atom is 0.0536 e. The lowest BCUT2D eigenvalue weighted by molar-refractivity contribution is 0.155. The second-order valence-corrected chi connectivity index (χ2v) is 4.42. The Balaban J connectivity index is 1.81. The molecule has 1 saturated heterocycles. The summed E-state index contributed by atoms with van der Waals surface area (Å²) in [4.78, 5) is 2.50. The summed E-state index contributed by atoms with van der Waals surface area (Å²) in [7, 11) is 0. The van der Waals surface area contributed by atoms with Gasteiger partial charge in [0.05, 0.1) is 6.54 Å². The number of hydrogen-bond acceptors (Lipinski definition) is 2. The first-order valence-corrected chi connectivity index (χ1v) is 6.21. The van der Waals surface area contributed by atoms with Crippen molar-refractivity contribution >= 4 is 11.6 Å². The molecule has 0 N–H and O–H groups in total. The minimum absolute atomic E-state index is 0.580. The first-order valence-electron chi connectivity index (χ1n) is 5.67. The SMILES string of the molecule is ClCC1CCCCN1CCn1cccn1. The fourth-order valence-corrected chi connectivity index (χ4v) is 2.54. The van der Waals surface area contributed by atoms with Crippen LogP contribution in [0.3, 0.4) is 0 Å². The molecule has 0 radical (unpaired) electrons. The largest absolute Gasteiger partial charge is 0.297 e. The van der Waals surface area contributed by atoms with Crippen LogP contribution in [0, 0.1) is 0 Å². The number of nitrogens with zero attached hydrogens (tertiary/aromatic N) is 3. The van der Waals surface area contributed by atoms with E-state index in [-0.39, 0.29) is 0 Å². The van der Waals surface area contributed by atoms with Gasteiger partial charge in [-0.1, -0.05) is 6.42 Å². The quantitative estimate of drug-likeness (QED) is 0.734. The topological polar surface area (TPSA) is 21.1 Å². The molecule has 1 unspecified atom stereocenters. The molecule has 84 valence electrons. The van der Waals surface area contributed by atoms with Gasteiger partial charge in [0.15, 0.2) is 0 Å². The molecule has 1 atom stereocenters. The zero-order valence-electron chi connectivity index (χ0n) is 8.98. The highest BCUT2D eigenvalue weighted by Gasteiger charge is 2.20. The summed E-state index contributed by atoms with van der Waals surface area (Å²) >= 11 is 5.97. The Labute approximate surface area is 96.0 Å². The van der Waals surface area contributed by atoms with Crippen molar-refractivity contribution in [2.24, 2.45) is 0 Å². The summed E-state index contributed by atoms with van der Waals surface area (Å²) in [5, 5.41) is 4.21. The first kappa shape index (κ1) is 11.0. The van der Waals surface area contributed by atoms with E-state index < -0.39 is 0 Å². The molecule has 1 aromatic rings. The second kappa shape index (κ2) is 5.52. The van der Waals surface area contributed by atoms with Gasteiger partial charge in [0.1, 0.15) is 0 Å². The molecule has 0 saturated carbocycles. The fraction of sp³-hybridized carbons (Fsp3) is 0.727. The molecule has 15 heavy (non-hydrogen) atoms. The molecule has 2 heterocycles. The molecular weight excluding hydrogens is 210 g/mol. The molecular formula is C11H18ClN3. The highest BCUT2D eigenvalue weighted by atomic mass is 35.5. The minimum Gasteiger partial charge on any atom is -0.297 e. The maximum atomic E-state index is 5.97. The zero-order valence-corrected chi connectivity index (χ0v) is 9.73. The van der Waals surface area contributed by atoms with Gasteiger partial charge in [-0.25, -0.2) is 0 Å². The molecule has 0 aliphatic carbocycles. The molecule has 0 amide bonds. The summed E-state index contributed by atoms with van der Waals surface area (Å²) < 4.78 is 1.99. The molecule has 4 heteroatoms. The van der Waals surface area contributed by atoms with E-state index >= 15 is 0 Å². The molecule has 1 aromatic heterocycles. The van der Waals surface area contributed by atoms with E-state index in [2.05, 4.69) is 10.00 Å². The standard InChI is InChI=1S/C11H18ClN3/c12-10-11-4-1-2-6-14(11)8-9-15-7-3-5-13-15/h3,5,7,11H,1-2,4,6,8-10H2. The van der Waals surface area contributed by atoms with E-state index in [4.69, 9.17) is 11.6 Å². The van der Waals surface area contributed by atoms with E-state index in [9.17, 15) is 0 Å². The monoisotopic (exact) mass is 227 g/mol. The van der Waals surface area contributed by atoms with Gasteiger partial charge >= 0.3 is 0 Å². The van der Waals surface area contributed by atoms with Crippen molar-refractivity contribution in [3.8, 4) is 0 Å². The van der Waals surface area contributed by atoms with Crippen LogP contribution in [0.2, 0.25) is 0 Å². The number of rotatable bonds is 4. The van der Waals surface area contributed by atoms with E-state index in [1.54, 1.807) is 0 Å². The number of hydrogen-bond donors (Lipinski definition) is 0. The molecule has 0 aromatic carbocycles. The molecule has 1 aliphatic rings. The van der Waals surface area contributed by atoms with Crippen molar-refractivity contribution < 1.29 is 0 Å². The fourth-order valence-electron chi connectivity index (χ4n) is 2.19. The van der Waals surface area contributed by atoms with Gasteiger partial charge in [-0.3, -0.25) is 9.58 Å². The Hall–Kier alpha value is -0.540. The lowest BCUT2D eigenvalue weighted by atomic mass is 10.0. The van der Waals surface area contributed by atoms with Gasteiger partial charge in [-0.05, 0) is 25.5 Å². The third kappa shape index (κ3) is 2.95. The molecule has 1 aliphatic heterocycles. The van der Waals surface area contributed by atoms with Gasteiger partial charge in [0, 0.05) is 30.9 Å². The highest BCUT2D eigenvalue weighted by Crippen LogP contribution is 2.17. The van der Waals surface area contributed by atoms with Crippen molar-refractivity contribution in [3.63, 3.8) is 0 Å². The lowest BCUT2D eigenvalue weighted by Crippen LogP contribution is -2.42. The molecule has 0 spiro atoms. The van der Waals surface area contributed by atoms with Crippen molar-refractivity contribution in [1.82, 2.24) is 14.7 Å². The number of aromatic nitrogens is 2. The molecule has 1 fully saturated rings. The van der Waals surface area contributed by atoms with Crippen LogP contribution < -0.4 is 0 Å². The third-order valence-corrected chi connectivity index (χ3v) is 3.46. The summed E-state index contributed by atoms with van der Waals surface area (Å²) in [5.41, 5.74) is 0. The van der Waals surface area contributed by atoms with Crippen molar-refractivity contribution in [2.45, 2.75) is 31.8 Å². The third-order valence-electron chi connectivity index (χ3n) is 3.10. The van der Waals surface area contributed by atoms with Crippen LogP contribution in [0.25, 0.3) is 0 Å². The van der Waals surface area contributed by atoms with E-state index in [1.807, 2.05) is 23.1 Å². The van der Waals surface area contributed by atoms with Gasteiger partial charge in [-0.15, -0.1) is 11.6 Å². The number of likely N-dealkylation sites (tertiary alicyclic amines) is 1. The van der Waals surface area contributed by atoms with Crippen molar-refractivity contribution in [1.29, 1.82) is 0 Å². The molecule has 3 nitrogen and oxygen atoms in total. The summed E-state index contributed by atoms with van der Waals surface area (Å²) in [6, 6.07) is 2.55. The van der Waals surface area contributed by atoms with Crippen LogP contribution in [-0.4, -0.2) is 39.7 Å². The Morgan fingerprint density at radius 3 is 3.00 bits per heavy atom. The Morgan fingerprint density at radius 2 is 2.27 bits per heavy atom. The van der Waals surface area contributed by atoms with Crippen LogP contribution in [0.4, 0.5) is 0 Å². The average Bonchev–Trinajstić information content (AvgIpc) is 2.79. The van der Waals surface area contributed by atoms with E-state index in [0.29, 0.717) is 6.04 Å². The molecule has 2 rings (SSSR count). The van der Waals surface area contributed by atoms with Crippen molar-refractivity contribution in [3.05, 3.63) is 18.5 Å². The van der Waals surface area contributed by atoms with Crippen molar-refractivity contribution in [2.75, 3.05) is 19.0 Å².